The highest BCUT2D eigenvalue weighted by atomic mass is 35.5. The molecule has 3 rings (SSSR count). The smallest absolute Gasteiger partial charge is 0.255 e. The van der Waals surface area contributed by atoms with Crippen molar-refractivity contribution in [3.05, 3.63) is 57.7 Å². The van der Waals surface area contributed by atoms with Crippen LogP contribution in [0.25, 0.3) is 17.1 Å². The third-order valence-corrected chi connectivity index (χ3v) is 3.67. The minimum atomic E-state index is -0.119. The molecule has 0 aliphatic heterocycles. The Morgan fingerprint density at radius 2 is 1.95 bits per heavy atom. The summed E-state index contributed by atoms with van der Waals surface area (Å²) in [5.74, 6) is 1.30. The van der Waals surface area contributed by atoms with Crippen LogP contribution < -0.4 is 5.56 Å². The molecule has 0 fully saturated rings. The largest absolute Gasteiger partial charge is 0.302 e. The zero-order valence-corrected chi connectivity index (χ0v) is 13.2. The van der Waals surface area contributed by atoms with Crippen LogP contribution in [-0.2, 0) is 7.05 Å². The van der Waals surface area contributed by atoms with Gasteiger partial charge in [-0.05, 0) is 26.0 Å². The number of rotatable bonds is 2. The van der Waals surface area contributed by atoms with Gasteiger partial charge in [0.2, 0.25) is 0 Å². The molecule has 22 heavy (non-hydrogen) atoms. The fraction of sp³-hybridized carbons (Fsp3) is 0.200. The van der Waals surface area contributed by atoms with Gasteiger partial charge >= 0.3 is 0 Å². The van der Waals surface area contributed by atoms with Crippen LogP contribution in [0.2, 0.25) is 5.15 Å². The van der Waals surface area contributed by atoms with E-state index in [9.17, 15) is 4.79 Å². The van der Waals surface area contributed by atoms with E-state index in [4.69, 9.17) is 11.6 Å². The number of pyridine rings is 1. The van der Waals surface area contributed by atoms with Crippen LogP contribution in [0.1, 0.15) is 11.5 Å². The zero-order chi connectivity index (χ0) is 15.9. The predicted octanol–water partition coefficient (Wildman–Crippen LogP) is 2.30. The Kier molecular flexibility index (Phi) is 3.54. The van der Waals surface area contributed by atoms with Gasteiger partial charge < -0.3 is 4.57 Å². The molecule has 6 nitrogen and oxygen atoms in total. The molecule has 0 spiro atoms. The van der Waals surface area contributed by atoms with Crippen LogP contribution in [0.3, 0.4) is 0 Å². The lowest BCUT2D eigenvalue weighted by Crippen LogP contribution is -2.18. The highest BCUT2D eigenvalue weighted by Crippen LogP contribution is 2.26. The fourth-order valence-electron chi connectivity index (χ4n) is 2.38. The van der Waals surface area contributed by atoms with Gasteiger partial charge in [-0.15, -0.1) is 0 Å². The third kappa shape index (κ3) is 2.42. The SMILES string of the molecule is Cc1nc(-c2ccnc(Cl)c2)c(C)n1-c1cc(=O)n(C)cn1. The van der Waals surface area contributed by atoms with E-state index in [0.717, 1.165) is 22.8 Å². The average molecular weight is 316 g/mol. The summed E-state index contributed by atoms with van der Waals surface area (Å²) in [5.41, 5.74) is 2.44. The van der Waals surface area contributed by atoms with E-state index < -0.39 is 0 Å². The maximum absolute atomic E-state index is 11.8. The molecule has 0 saturated heterocycles. The number of aryl methyl sites for hydroxylation is 2. The van der Waals surface area contributed by atoms with E-state index in [1.807, 2.05) is 24.5 Å². The first kappa shape index (κ1) is 14.5. The summed E-state index contributed by atoms with van der Waals surface area (Å²) in [5, 5.41) is 0.413. The highest BCUT2D eigenvalue weighted by molar-refractivity contribution is 6.29. The Labute approximate surface area is 132 Å². The molecule has 3 heterocycles. The van der Waals surface area contributed by atoms with Gasteiger partial charge in [0.15, 0.2) is 0 Å². The summed E-state index contributed by atoms with van der Waals surface area (Å²) >= 11 is 5.95. The predicted molar refractivity (Wildman–Crippen MR) is 84.3 cm³/mol. The van der Waals surface area contributed by atoms with Gasteiger partial charge in [-0.1, -0.05) is 11.6 Å². The lowest BCUT2D eigenvalue weighted by molar-refractivity contribution is 0.794. The summed E-state index contributed by atoms with van der Waals surface area (Å²) < 4.78 is 3.28. The summed E-state index contributed by atoms with van der Waals surface area (Å²) in [7, 11) is 1.66. The van der Waals surface area contributed by atoms with Crippen molar-refractivity contribution in [2.24, 2.45) is 7.05 Å². The van der Waals surface area contributed by atoms with Gasteiger partial charge in [0.05, 0.1) is 12.0 Å². The van der Waals surface area contributed by atoms with Gasteiger partial charge in [-0.2, -0.15) is 0 Å². The standard InChI is InChI=1S/C15H14ClN5O/c1-9-15(11-4-5-17-12(16)6-11)19-10(2)21(9)13-7-14(22)20(3)8-18-13/h4-8H,1-3H3. The van der Waals surface area contributed by atoms with Crippen molar-refractivity contribution in [3.63, 3.8) is 0 Å². The summed E-state index contributed by atoms with van der Waals surface area (Å²) in [6.45, 7) is 3.81. The van der Waals surface area contributed by atoms with E-state index in [1.165, 1.54) is 17.0 Å². The van der Waals surface area contributed by atoms with Crippen molar-refractivity contribution in [2.75, 3.05) is 0 Å². The van der Waals surface area contributed by atoms with Crippen molar-refractivity contribution < 1.29 is 0 Å². The zero-order valence-electron chi connectivity index (χ0n) is 12.4. The number of nitrogens with zero attached hydrogens (tertiary/aromatic N) is 5. The van der Waals surface area contributed by atoms with Crippen LogP contribution in [0.5, 0.6) is 0 Å². The first-order valence-corrected chi connectivity index (χ1v) is 7.06. The molecule has 0 atom stereocenters. The lowest BCUT2D eigenvalue weighted by Gasteiger charge is -2.07. The first-order chi connectivity index (χ1) is 10.5. The molecule has 0 aromatic carbocycles. The highest BCUT2D eigenvalue weighted by Gasteiger charge is 2.15. The molecule has 0 N–H and O–H groups in total. The summed E-state index contributed by atoms with van der Waals surface area (Å²) in [6.07, 6.45) is 3.14. The van der Waals surface area contributed by atoms with E-state index in [1.54, 1.807) is 19.3 Å². The van der Waals surface area contributed by atoms with Crippen molar-refractivity contribution >= 4 is 11.6 Å². The van der Waals surface area contributed by atoms with E-state index in [2.05, 4.69) is 15.0 Å². The van der Waals surface area contributed by atoms with Gasteiger partial charge in [0.25, 0.3) is 5.56 Å². The Hall–Kier alpha value is -2.47. The third-order valence-electron chi connectivity index (χ3n) is 3.47. The molecular weight excluding hydrogens is 302 g/mol. The number of hydrogen-bond donors (Lipinski definition) is 0. The minimum Gasteiger partial charge on any atom is -0.302 e. The van der Waals surface area contributed by atoms with Gasteiger partial charge in [0, 0.05) is 30.6 Å². The molecule has 0 saturated carbocycles. The Balaban J connectivity index is 2.18. The Bertz CT molecular complexity index is 913. The number of halogens is 1. The normalized spacial score (nSPS) is 10.9. The molecule has 0 amide bonds. The van der Waals surface area contributed by atoms with Gasteiger partial charge in [0.1, 0.15) is 16.8 Å². The summed E-state index contributed by atoms with van der Waals surface area (Å²) in [4.78, 5) is 24.7. The van der Waals surface area contributed by atoms with E-state index in [-0.39, 0.29) is 5.56 Å². The molecule has 3 aromatic rings. The number of aromatic nitrogens is 5. The lowest BCUT2D eigenvalue weighted by atomic mass is 10.1. The molecular formula is C15H14ClN5O. The maximum Gasteiger partial charge on any atom is 0.255 e. The number of imidazole rings is 1. The Morgan fingerprint density at radius 1 is 1.18 bits per heavy atom. The van der Waals surface area contributed by atoms with E-state index >= 15 is 0 Å². The van der Waals surface area contributed by atoms with Crippen LogP contribution in [0.4, 0.5) is 0 Å². The van der Waals surface area contributed by atoms with Gasteiger partial charge in [-0.3, -0.25) is 9.36 Å². The maximum atomic E-state index is 11.8. The summed E-state index contributed by atoms with van der Waals surface area (Å²) in [6, 6.07) is 5.10. The minimum absolute atomic E-state index is 0.119. The Morgan fingerprint density at radius 3 is 2.64 bits per heavy atom. The molecule has 0 aliphatic rings. The van der Waals surface area contributed by atoms with Crippen molar-refractivity contribution in [3.8, 4) is 17.1 Å². The van der Waals surface area contributed by atoms with Crippen LogP contribution in [0, 0.1) is 13.8 Å². The molecule has 0 bridgehead atoms. The topological polar surface area (TPSA) is 65.6 Å². The second-order valence-electron chi connectivity index (χ2n) is 4.99. The molecule has 0 aliphatic carbocycles. The van der Waals surface area contributed by atoms with Gasteiger partial charge in [-0.25, -0.2) is 15.0 Å². The van der Waals surface area contributed by atoms with Crippen molar-refractivity contribution in [1.29, 1.82) is 0 Å². The molecule has 0 unspecified atom stereocenters. The quantitative estimate of drug-likeness (QED) is 0.681. The monoisotopic (exact) mass is 315 g/mol. The fourth-order valence-corrected chi connectivity index (χ4v) is 2.55. The molecule has 7 heteroatoms. The van der Waals surface area contributed by atoms with Crippen LogP contribution in [0.15, 0.2) is 35.5 Å². The first-order valence-electron chi connectivity index (χ1n) is 6.68. The average Bonchev–Trinajstić information content (AvgIpc) is 2.77. The van der Waals surface area contributed by atoms with Crippen molar-refractivity contribution in [2.45, 2.75) is 13.8 Å². The second-order valence-corrected chi connectivity index (χ2v) is 5.38. The van der Waals surface area contributed by atoms with E-state index in [0.29, 0.717) is 11.0 Å². The number of hydrogen-bond acceptors (Lipinski definition) is 4. The second kappa shape index (κ2) is 5.38. The molecule has 3 aromatic heterocycles. The molecule has 0 radical (unpaired) electrons. The molecule has 112 valence electrons. The van der Waals surface area contributed by atoms with Crippen LogP contribution >= 0.6 is 11.6 Å². The van der Waals surface area contributed by atoms with Crippen molar-refractivity contribution in [1.82, 2.24) is 24.1 Å². The van der Waals surface area contributed by atoms with Crippen LogP contribution in [-0.4, -0.2) is 24.1 Å².